The molecule has 1 aromatic carbocycles. The van der Waals surface area contributed by atoms with Crippen LogP contribution >= 0.6 is 0 Å². The fourth-order valence-corrected chi connectivity index (χ4v) is 5.01. The van der Waals surface area contributed by atoms with Crippen molar-refractivity contribution >= 4 is 61.4 Å². The van der Waals surface area contributed by atoms with Gasteiger partial charge in [-0.1, -0.05) is 0 Å². The number of hydrogen-bond acceptors (Lipinski definition) is 11. The zero-order valence-corrected chi connectivity index (χ0v) is 25.4. The van der Waals surface area contributed by atoms with Crippen molar-refractivity contribution < 1.29 is 59.8 Å². The molecule has 45 heavy (non-hydrogen) atoms. The van der Waals surface area contributed by atoms with Crippen LogP contribution in [0.1, 0.15) is 48.9 Å². The molecule has 0 aromatic heterocycles. The van der Waals surface area contributed by atoms with Gasteiger partial charge in [0.2, 0.25) is 23.6 Å². The Balaban J connectivity index is 2.89. The summed E-state index contributed by atoms with van der Waals surface area (Å²) >= 11 is 0. The Labute approximate surface area is 258 Å². The second kappa shape index (κ2) is 17.8. The maximum atomic E-state index is 12.9. The standard InChI is InChI=1S/C24H36N6O13S2/c25-15-9-7-14(8-10-15)22(35)27-11-2-1-4-16(21(26)34)29-24(37)18(13-45(41,42)43)30-23(36)17(12-44(38,39)40)28-19(31)5-3-6-20(32)33/h7-10,16-18H,1-6,11-13,25H2,(H2,26,34)(H,27,35)(H,28,31)(H,29,37)(H,30,36)(H,32,33)(H,38,39,40)(H,41,42,43). The van der Waals surface area contributed by atoms with Crippen LogP contribution in [-0.4, -0.2) is 103 Å². The first-order chi connectivity index (χ1) is 20.8. The Bertz CT molecular complexity index is 1450. The molecule has 21 heteroatoms. The Kier molecular flexibility index (Phi) is 15.3. The maximum absolute atomic E-state index is 12.9. The third kappa shape index (κ3) is 16.9. The number of carbonyl (C=O) groups excluding carboxylic acids is 5. The zero-order valence-electron chi connectivity index (χ0n) is 23.8. The molecular weight excluding hydrogens is 644 g/mol. The fourth-order valence-electron chi connectivity index (χ4n) is 3.70. The van der Waals surface area contributed by atoms with Gasteiger partial charge in [0.15, 0.2) is 0 Å². The number of carbonyl (C=O) groups is 6. The third-order valence-corrected chi connectivity index (χ3v) is 7.38. The highest BCUT2D eigenvalue weighted by Gasteiger charge is 2.33. The fraction of sp³-hybridized carbons (Fsp3) is 0.500. The van der Waals surface area contributed by atoms with Crippen molar-refractivity contribution in [3.05, 3.63) is 29.8 Å². The minimum absolute atomic E-state index is 0.0941. The highest BCUT2D eigenvalue weighted by molar-refractivity contribution is 7.86. The molecule has 19 nitrogen and oxygen atoms in total. The van der Waals surface area contributed by atoms with Crippen LogP contribution in [0.3, 0.4) is 0 Å². The van der Waals surface area contributed by atoms with Gasteiger partial charge in [-0.3, -0.25) is 37.9 Å². The molecular formula is C24H36N6O13S2. The molecule has 0 aliphatic carbocycles. The first-order valence-electron chi connectivity index (χ1n) is 13.2. The molecule has 5 amide bonds. The van der Waals surface area contributed by atoms with Crippen LogP contribution in [0.25, 0.3) is 0 Å². The van der Waals surface area contributed by atoms with E-state index in [4.69, 9.17) is 16.6 Å². The Morgan fingerprint density at radius 1 is 0.733 bits per heavy atom. The summed E-state index contributed by atoms with van der Waals surface area (Å²) in [6.07, 6.45) is -0.660. The quantitative estimate of drug-likeness (QED) is 0.0380. The first-order valence-corrected chi connectivity index (χ1v) is 16.4. The van der Waals surface area contributed by atoms with Gasteiger partial charge in [0.05, 0.1) is 0 Å². The molecule has 1 aromatic rings. The summed E-state index contributed by atoms with van der Waals surface area (Å²) in [7, 11) is -9.92. The average Bonchev–Trinajstić information content (AvgIpc) is 2.89. The van der Waals surface area contributed by atoms with Gasteiger partial charge in [-0.25, -0.2) is 0 Å². The van der Waals surface area contributed by atoms with Crippen LogP contribution in [0.15, 0.2) is 24.3 Å². The second-order valence-corrected chi connectivity index (χ2v) is 12.8. The van der Waals surface area contributed by atoms with E-state index < -0.39 is 92.3 Å². The summed E-state index contributed by atoms with van der Waals surface area (Å²) in [5.41, 5.74) is 11.7. The Morgan fingerprint density at radius 3 is 1.73 bits per heavy atom. The van der Waals surface area contributed by atoms with Gasteiger partial charge in [-0.2, -0.15) is 16.8 Å². The molecule has 0 bridgehead atoms. The van der Waals surface area contributed by atoms with Gasteiger partial charge in [0, 0.05) is 30.6 Å². The molecule has 3 unspecified atom stereocenters. The van der Waals surface area contributed by atoms with Crippen molar-refractivity contribution in [1.82, 2.24) is 21.3 Å². The van der Waals surface area contributed by atoms with E-state index in [0.29, 0.717) is 17.7 Å². The minimum Gasteiger partial charge on any atom is -0.481 e. The predicted molar refractivity (Wildman–Crippen MR) is 156 cm³/mol. The third-order valence-electron chi connectivity index (χ3n) is 5.87. The highest BCUT2D eigenvalue weighted by Crippen LogP contribution is 2.07. The topological polar surface area (TPSA) is 332 Å². The number of carboxylic acids is 1. The molecule has 0 heterocycles. The van der Waals surface area contributed by atoms with Gasteiger partial charge in [-0.15, -0.1) is 0 Å². The van der Waals surface area contributed by atoms with Crippen LogP contribution in [0.5, 0.6) is 0 Å². The lowest BCUT2D eigenvalue weighted by Crippen LogP contribution is -2.59. The summed E-state index contributed by atoms with van der Waals surface area (Å²) < 4.78 is 64.4. The van der Waals surface area contributed by atoms with Gasteiger partial charge >= 0.3 is 5.97 Å². The molecule has 0 spiro atoms. The number of aliphatic carboxylic acids is 1. The molecule has 0 saturated carbocycles. The minimum atomic E-state index is -4.98. The van der Waals surface area contributed by atoms with Crippen molar-refractivity contribution in [3.63, 3.8) is 0 Å². The molecule has 1 rings (SSSR count). The van der Waals surface area contributed by atoms with Gasteiger partial charge in [0.1, 0.15) is 29.6 Å². The predicted octanol–water partition coefficient (Wildman–Crippen LogP) is -2.86. The summed E-state index contributed by atoms with van der Waals surface area (Å²) in [6, 6.07) is 0.504. The number of hydrogen-bond donors (Lipinski definition) is 9. The van der Waals surface area contributed by atoms with Gasteiger partial charge in [0.25, 0.3) is 26.1 Å². The van der Waals surface area contributed by atoms with E-state index in [1.54, 1.807) is 12.1 Å². The molecule has 11 N–H and O–H groups in total. The smallest absolute Gasteiger partial charge is 0.303 e. The number of carboxylic acid groups (broad SMARTS) is 1. The molecule has 252 valence electrons. The maximum Gasteiger partial charge on any atom is 0.303 e. The summed E-state index contributed by atoms with van der Waals surface area (Å²) in [4.78, 5) is 72.5. The largest absolute Gasteiger partial charge is 0.481 e. The number of amides is 5. The summed E-state index contributed by atoms with van der Waals surface area (Å²) in [5.74, 6) is -9.35. The van der Waals surface area contributed by atoms with E-state index >= 15 is 0 Å². The van der Waals surface area contributed by atoms with E-state index in [9.17, 15) is 54.7 Å². The molecule has 0 aliphatic rings. The Hall–Kier alpha value is -4.34. The molecule has 0 aliphatic heterocycles. The van der Waals surface area contributed by atoms with Gasteiger partial charge < -0.3 is 37.8 Å². The number of anilines is 1. The van der Waals surface area contributed by atoms with Crippen LogP contribution < -0.4 is 32.7 Å². The number of rotatable bonds is 20. The van der Waals surface area contributed by atoms with E-state index in [2.05, 4.69) is 10.6 Å². The summed E-state index contributed by atoms with van der Waals surface area (Å²) in [5, 5.41) is 17.2. The lowest BCUT2D eigenvalue weighted by Gasteiger charge is -2.24. The van der Waals surface area contributed by atoms with E-state index in [1.807, 2.05) is 10.6 Å². The number of primary amides is 1. The van der Waals surface area contributed by atoms with Crippen molar-refractivity contribution in [2.24, 2.45) is 5.73 Å². The monoisotopic (exact) mass is 680 g/mol. The number of nitrogens with one attached hydrogen (secondary N) is 4. The second-order valence-electron chi connectivity index (χ2n) is 9.76. The summed E-state index contributed by atoms with van der Waals surface area (Å²) in [6.45, 7) is 0.168. The van der Waals surface area contributed by atoms with Gasteiger partial charge in [-0.05, 0) is 49.9 Å². The molecule has 0 fully saturated rings. The van der Waals surface area contributed by atoms with E-state index in [1.165, 1.54) is 12.1 Å². The SMILES string of the molecule is NC(=O)C(CCCCNC(=O)c1ccc(N)cc1)NC(=O)C(CS(=O)(=O)O)NC(=O)C(CS(=O)(=O)O)NC(=O)CCCC(=O)O. The van der Waals surface area contributed by atoms with Crippen molar-refractivity contribution in [1.29, 1.82) is 0 Å². The molecule has 0 saturated heterocycles. The van der Waals surface area contributed by atoms with E-state index in [0.717, 1.165) is 0 Å². The molecule has 3 atom stereocenters. The van der Waals surface area contributed by atoms with Crippen LogP contribution in [0.4, 0.5) is 5.69 Å². The lowest BCUT2D eigenvalue weighted by molar-refractivity contribution is -0.137. The molecule has 0 radical (unpaired) electrons. The average molecular weight is 681 g/mol. The van der Waals surface area contributed by atoms with E-state index in [-0.39, 0.29) is 31.7 Å². The Morgan fingerprint density at radius 2 is 1.24 bits per heavy atom. The van der Waals surface area contributed by atoms with Crippen molar-refractivity contribution in [2.45, 2.75) is 56.7 Å². The number of benzene rings is 1. The normalized spacial score (nSPS) is 13.5. The number of unbranched alkanes of at least 4 members (excludes halogenated alkanes) is 1. The van der Waals surface area contributed by atoms with Crippen LogP contribution in [0, 0.1) is 0 Å². The van der Waals surface area contributed by atoms with Crippen LogP contribution in [0.2, 0.25) is 0 Å². The van der Waals surface area contributed by atoms with Crippen LogP contribution in [-0.2, 0) is 44.2 Å². The number of nitrogens with two attached hydrogens (primary N) is 2. The highest BCUT2D eigenvalue weighted by atomic mass is 32.2. The number of nitrogen functional groups attached to an aromatic ring is 1. The first kappa shape index (κ1) is 38.7. The van der Waals surface area contributed by atoms with Crippen molar-refractivity contribution in [2.75, 3.05) is 23.8 Å². The lowest BCUT2D eigenvalue weighted by atomic mass is 10.1. The zero-order chi connectivity index (χ0) is 34.4. The van der Waals surface area contributed by atoms with Crippen molar-refractivity contribution in [3.8, 4) is 0 Å².